The van der Waals surface area contributed by atoms with Crippen LogP contribution in [-0.4, -0.2) is 72.3 Å². The molecular formula is C26H38N4O2. The minimum absolute atomic E-state index is 0.645. The molecule has 0 unspecified atom stereocenters. The van der Waals surface area contributed by atoms with E-state index in [-0.39, 0.29) is 0 Å². The molecule has 0 saturated carbocycles. The Hall–Kier alpha value is -2.18. The Morgan fingerprint density at radius 2 is 1.28 bits per heavy atom. The molecule has 0 amide bonds. The van der Waals surface area contributed by atoms with Crippen molar-refractivity contribution >= 4 is 0 Å². The molecule has 1 aromatic heterocycles. The second-order valence-electron chi connectivity index (χ2n) is 8.95. The summed E-state index contributed by atoms with van der Waals surface area (Å²) in [5, 5.41) is 0. The molecule has 6 nitrogen and oxygen atoms in total. The van der Waals surface area contributed by atoms with Gasteiger partial charge in [-0.25, -0.2) is 4.98 Å². The fraction of sp³-hybridized carbons (Fsp3) is 0.615. The minimum atomic E-state index is 0.645. The molecule has 2 saturated heterocycles. The minimum Gasteiger partial charge on any atom is -0.494 e. The number of likely N-dealkylation sites (tertiary alicyclic amines) is 2. The van der Waals surface area contributed by atoms with Gasteiger partial charge in [-0.05, 0) is 89.0 Å². The van der Waals surface area contributed by atoms with Gasteiger partial charge in [0.25, 0.3) is 0 Å². The third-order valence-corrected chi connectivity index (χ3v) is 6.40. The number of hydrogen-bond donors (Lipinski definition) is 0. The molecule has 2 aromatic rings. The molecule has 0 aliphatic carbocycles. The summed E-state index contributed by atoms with van der Waals surface area (Å²) >= 11 is 0. The summed E-state index contributed by atoms with van der Waals surface area (Å²) in [7, 11) is 0. The van der Waals surface area contributed by atoms with E-state index in [1.54, 1.807) is 6.20 Å². The Morgan fingerprint density at radius 1 is 0.688 bits per heavy atom. The zero-order valence-electron chi connectivity index (χ0n) is 19.4. The van der Waals surface area contributed by atoms with Crippen molar-refractivity contribution in [2.45, 2.75) is 51.4 Å². The third-order valence-electron chi connectivity index (χ3n) is 6.40. The molecular weight excluding hydrogens is 400 g/mol. The van der Waals surface area contributed by atoms with Crippen LogP contribution in [0.2, 0.25) is 0 Å². The van der Waals surface area contributed by atoms with E-state index in [9.17, 15) is 0 Å². The predicted molar refractivity (Wildman–Crippen MR) is 128 cm³/mol. The summed E-state index contributed by atoms with van der Waals surface area (Å²) in [5.41, 5.74) is 0.976. The zero-order chi connectivity index (χ0) is 21.8. The molecule has 0 atom stereocenters. The van der Waals surface area contributed by atoms with Gasteiger partial charge in [0, 0.05) is 30.9 Å². The molecule has 0 bridgehead atoms. The highest BCUT2D eigenvalue weighted by Gasteiger charge is 2.11. The monoisotopic (exact) mass is 438 g/mol. The predicted octanol–water partition coefficient (Wildman–Crippen LogP) is 4.65. The maximum Gasteiger partial charge on any atom is 0.216 e. The highest BCUT2D eigenvalue weighted by atomic mass is 16.5. The normalized spacial score (nSPS) is 17.9. The van der Waals surface area contributed by atoms with E-state index < -0.39 is 0 Å². The summed E-state index contributed by atoms with van der Waals surface area (Å²) in [6, 6.07) is 9.90. The molecule has 0 N–H and O–H groups in total. The van der Waals surface area contributed by atoms with Gasteiger partial charge < -0.3 is 19.3 Å². The Bertz CT molecular complexity index is 787. The standard InChI is InChI=1S/C26H38N4O2/c1-3-15-29(16-4-1)19-7-21-31-24-11-9-23(10-12-24)26-27-14-13-25(28-26)32-22-8-20-30-17-5-2-6-18-30/h9-14H,1-8,15-22H2. The number of rotatable bonds is 11. The van der Waals surface area contributed by atoms with E-state index in [1.165, 1.54) is 64.7 Å². The van der Waals surface area contributed by atoms with Gasteiger partial charge in [0.1, 0.15) is 5.75 Å². The van der Waals surface area contributed by atoms with E-state index in [4.69, 9.17) is 9.47 Å². The van der Waals surface area contributed by atoms with Crippen molar-refractivity contribution in [2.24, 2.45) is 0 Å². The molecule has 0 radical (unpaired) electrons. The van der Waals surface area contributed by atoms with Crippen LogP contribution in [0, 0.1) is 0 Å². The average Bonchev–Trinajstić information content (AvgIpc) is 2.86. The molecule has 0 spiro atoms. The van der Waals surface area contributed by atoms with E-state index in [0.29, 0.717) is 18.3 Å². The summed E-state index contributed by atoms with van der Waals surface area (Å²) in [4.78, 5) is 14.1. The van der Waals surface area contributed by atoms with Crippen LogP contribution in [0.15, 0.2) is 36.5 Å². The molecule has 1 aromatic carbocycles. The van der Waals surface area contributed by atoms with Crippen molar-refractivity contribution in [3.63, 3.8) is 0 Å². The molecule has 4 rings (SSSR count). The fourth-order valence-electron chi connectivity index (χ4n) is 4.57. The van der Waals surface area contributed by atoms with Crippen molar-refractivity contribution in [1.29, 1.82) is 0 Å². The van der Waals surface area contributed by atoms with E-state index >= 15 is 0 Å². The van der Waals surface area contributed by atoms with Gasteiger partial charge in [-0.2, -0.15) is 4.98 Å². The number of ether oxygens (including phenoxy) is 2. The van der Waals surface area contributed by atoms with Crippen LogP contribution in [0.3, 0.4) is 0 Å². The second kappa shape index (κ2) is 12.8. The first-order valence-corrected chi connectivity index (χ1v) is 12.5. The van der Waals surface area contributed by atoms with Gasteiger partial charge in [0.05, 0.1) is 13.2 Å². The summed E-state index contributed by atoms with van der Waals surface area (Å²) < 4.78 is 11.8. The summed E-state index contributed by atoms with van der Waals surface area (Å²) in [5.74, 6) is 2.24. The molecule has 6 heteroatoms. The first-order valence-electron chi connectivity index (χ1n) is 12.5. The summed E-state index contributed by atoms with van der Waals surface area (Å²) in [6.45, 7) is 8.65. The maximum absolute atomic E-state index is 5.93. The lowest BCUT2D eigenvalue weighted by Gasteiger charge is -2.26. The summed E-state index contributed by atoms with van der Waals surface area (Å²) in [6.07, 6.45) is 12.0. The number of nitrogens with zero attached hydrogens (tertiary/aromatic N) is 4. The van der Waals surface area contributed by atoms with E-state index in [1.807, 2.05) is 30.3 Å². The molecule has 3 heterocycles. The lowest BCUT2D eigenvalue weighted by molar-refractivity contribution is 0.203. The highest BCUT2D eigenvalue weighted by Crippen LogP contribution is 2.21. The Morgan fingerprint density at radius 3 is 1.91 bits per heavy atom. The van der Waals surface area contributed by atoms with Gasteiger partial charge in [-0.3, -0.25) is 0 Å². The fourth-order valence-corrected chi connectivity index (χ4v) is 4.57. The Balaban J connectivity index is 1.18. The molecule has 2 fully saturated rings. The number of piperidine rings is 2. The molecule has 32 heavy (non-hydrogen) atoms. The number of benzene rings is 1. The van der Waals surface area contributed by atoms with Crippen LogP contribution in [0.25, 0.3) is 11.4 Å². The van der Waals surface area contributed by atoms with Crippen molar-refractivity contribution in [2.75, 3.05) is 52.5 Å². The number of aromatic nitrogens is 2. The van der Waals surface area contributed by atoms with Crippen molar-refractivity contribution in [3.8, 4) is 23.0 Å². The maximum atomic E-state index is 5.93. The van der Waals surface area contributed by atoms with Crippen LogP contribution in [0.1, 0.15) is 51.4 Å². The van der Waals surface area contributed by atoms with Gasteiger partial charge in [0.2, 0.25) is 5.88 Å². The van der Waals surface area contributed by atoms with E-state index in [0.717, 1.165) is 43.9 Å². The van der Waals surface area contributed by atoms with Crippen molar-refractivity contribution < 1.29 is 9.47 Å². The van der Waals surface area contributed by atoms with Crippen LogP contribution < -0.4 is 9.47 Å². The van der Waals surface area contributed by atoms with Crippen LogP contribution in [0.5, 0.6) is 11.6 Å². The highest BCUT2D eigenvalue weighted by molar-refractivity contribution is 5.56. The number of hydrogen-bond acceptors (Lipinski definition) is 6. The smallest absolute Gasteiger partial charge is 0.216 e. The Kier molecular flexibility index (Phi) is 9.16. The molecule has 174 valence electrons. The zero-order valence-corrected chi connectivity index (χ0v) is 19.4. The van der Waals surface area contributed by atoms with Gasteiger partial charge >= 0.3 is 0 Å². The van der Waals surface area contributed by atoms with E-state index in [2.05, 4.69) is 19.8 Å². The molecule has 2 aliphatic rings. The van der Waals surface area contributed by atoms with Gasteiger partial charge in [0.15, 0.2) is 5.82 Å². The second-order valence-corrected chi connectivity index (χ2v) is 8.95. The first kappa shape index (κ1) is 23.0. The van der Waals surface area contributed by atoms with Crippen molar-refractivity contribution in [3.05, 3.63) is 36.5 Å². The Labute approximate surface area is 193 Å². The topological polar surface area (TPSA) is 50.7 Å². The van der Waals surface area contributed by atoms with Crippen molar-refractivity contribution in [1.82, 2.24) is 19.8 Å². The lowest BCUT2D eigenvalue weighted by Crippen LogP contribution is -2.31. The van der Waals surface area contributed by atoms with Gasteiger partial charge in [-0.15, -0.1) is 0 Å². The SMILES string of the molecule is c1cc(OCCCN2CCCCC2)nc(-c2ccc(OCCCN3CCCCC3)cc2)n1. The third kappa shape index (κ3) is 7.45. The van der Waals surface area contributed by atoms with Crippen LogP contribution >= 0.6 is 0 Å². The molecule has 2 aliphatic heterocycles. The van der Waals surface area contributed by atoms with Crippen LogP contribution in [0.4, 0.5) is 0 Å². The quantitative estimate of drug-likeness (QED) is 0.476. The average molecular weight is 439 g/mol. The first-order chi connectivity index (χ1) is 15.9. The largest absolute Gasteiger partial charge is 0.494 e. The lowest BCUT2D eigenvalue weighted by atomic mass is 10.1. The van der Waals surface area contributed by atoms with Crippen LogP contribution in [-0.2, 0) is 0 Å². The van der Waals surface area contributed by atoms with Gasteiger partial charge in [-0.1, -0.05) is 12.8 Å².